The fraction of sp³-hybridized carbons (Fsp3) is 0.267. The molecule has 0 aliphatic heterocycles. The maximum absolute atomic E-state index is 13.8. The number of benzene rings is 2. The van der Waals surface area contributed by atoms with E-state index in [1.54, 1.807) is 25.1 Å². The average Bonchev–Trinajstić information content (AvgIpc) is 3.18. The third kappa shape index (κ3) is 5.24. The topological polar surface area (TPSA) is 68.0 Å². The molecule has 0 bridgehead atoms. The molecular formula is C30H30FNO4. The predicted molar refractivity (Wildman–Crippen MR) is 140 cm³/mol. The van der Waals surface area contributed by atoms with Crippen molar-refractivity contribution in [3.63, 3.8) is 0 Å². The molecule has 2 heterocycles. The number of halogens is 1. The highest BCUT2D eigenvalue weighted by atomic mass is 19.1. The number of ether oxygens (including phenoxy) is 1. The molecule has 0 fully saturated rings. The van der Waals surface area contributed by atoms with E-state index in [4.69, 9.17) is 4.74 Å². The van der Waals surface area contributed by atoms with Gasteiger partial charge in [0.1, 0.15) is 5.82 Å². The van der Waals surface area contributed by atoms with Gasteiger partial charge < -0.3 is 14.2 Å². The van der Waals surface area contributed by atoms with Crippen LogP contribution < -0.4 is 0 Å². The highest BCUT2D eigenvalue weighted by Gasteiger charge is 2.22. The van der Waals surface area contributed by atoms with Gasteiger partial charge in [-0.1, -0.05) is 50.2 Å². The first-order chi connectivity index (χ1) is 17.3. The van der Waals surface area contributed by atoms with E-state index >= 15 is 0 Å². The molecule has 2 aromatic heterocycles. The minimum atomic E-state index is -1.11. The summed E-state index contributed by atoms with van der Waals surface area (Å²) in [6, 6.07) is 16.5. The molecule has 186 valence electrons. The van der Waals surface area contributed by atoms with Crippen LogP contribution in [-0.4, -0.2) is 34.0 Å². The first-order valence-corrected chi connectivity index (χ1v) is 12.2. The van der Waals surface area contributed by atoms with Gasteiger partial charge in [-0.15, -0.1) is 0 Å². The third-order valence-electron chi connectivity index (χ3n) is 6.16. The SMILES string of the molecule is CCOC(=O)CC(O)CC(=O)/C=C/c1c(-c2ccc(F)cc2)c2c3ccccc3ccn2c1C(C)C. The lowest BCUT2D eigenvalue weighted by Gasteiger charge is -2.10. The van der Waals surface area contributed by atoms with Gasteiger partial charge in [0, 0.05) is 34.8 Å². The zero-order valence-electron chi connectivity index (χ0n) is 20.7. The molecule has 1 N–H and O–H groups in total. The Bertz CT molecular complexity index is 1430. The van der Waals surface area contributed by atoms with Crippen molar-refractivity contribution in [2.75, 3.05) is 6.61 Å². The van der Waals surface area contributed by atoms with Crippen LogP contribution in [0, 0.1) is 5.82 Å². The molecule has 0 saturated heterocycles. The zero-order chi connectivity index (χ0) is 25.8. The van der Waals surface area contributed by atoms with Crippen LogP contribution in [0.25, 0.3) is 33.5 Å². The number of pyridine rings is 1. The monoisotopic (exact) mass is 487 g/mol. The molecule has 1 atom stereocenters. The van der Waals surface area contributed by atoms with E-state index in [1.807, 2.05) is 18.3 Å². The predicted octanol–water partition coefficient (Wildman–Crippen LogP) is 6.31. The molecule has 4 rings (SSSR count). The second-order valence-electron chi connectivity index (χ2n) is 9.12. The Morgan fingerprint density at radius 1 is 1.06 bits per heavy atom. The molecule has 0 radical (unpaired) electrons. The van der Waals surface area contributed by atoms with Crippen molar-refractivity contribution in [3.8, 4) is 11.1 Å². The van der Waals surface area contributed by atoms with E-state index in [-0.39, 0.29) is 37.0 Å². The Labute approximate surface area is 209 Å². The lowest BCUT2D eigenvalue weighted by molar-refractivity contribution is -0.145. The normalized spacial score (nSPS) is 12.6. The number of ketones is 1. The van der Waals surface area contributed by atoms with Crippen molar-refractivity contribution in [2.45, 2.75) is 45.6 Å². The van der Waals surface area contributed by atoms with E-state index < -0.39 is 12.1 Å². The van der Waals surface area contributed by atoms with Crippen LogP contribution in [0.1, 0.15) is 50.8 Å². The van der Waals surface area contributed by atoms with E-state index in [2.05, 4.69) is 36.4 Å². The number of hydrogen-bond donors (Lipinski definition) is 1. The van der Waals surface area contributed by atoms with Crippen LogP contribution in [0.4, 0.5) is 4.39 Å². The fourth-order valence-electron chi connectivity index (χ4n) is 4.69. The highest BCUT2D eigenvalue weighted by molar-refractivity contribution is 6.07. The second kappa shape index (κ2) is 10.9. The molecule has 1 unspecified atom stereocenters. The number of allylic oxidation sites excluding steroid dienone is 1. The third-order valence-corrected chi connectivity index (χ3v) is 6.16. The standard InChI is InChI=1S/C30H30FNO4/c1-4-36-27(35)18-24(34)17-23(33)13-14-26-28(21-9-11-22(31)12-10-21)30-25-8-6-5-7-20(25)15-16-32(30)29(26)19(2)3/h5-16,19,24,34H,4,17-18H2,1-3H3/b14-13+. The van der Waals surface area contributed by atoms with Crippen LogP contribution in [0.3, 0.4) is 0 Å². The van der Waals surface area contributed by atoms with Crippen molar-refractivity contribution in [3.05, 3.63) is 83.9 Å². The Morgan fingerprint density at radius 3 is 2.47 bits per heavy atom. The van der Waals surface area contributed by atoms with Crippen LogP contribution in [-0.2, 0) is 14.3 Å². The van der Waals surface area contributed by atoms with Gasteiger partial charge in [0.15, 0.2) is 5.78 Å². The fourth-order valence-corrected chi connectivity index (χ4v) is 4.69. The van der Waals surface area contributed by atoms with Gasteiger partial charge in [-0.2, -0.15) is 0 Å². The summed E-state index contributed by atoms with van der Waals surface area (Å²) < 4.78 is 20.8. The Kier molecular flexibility index (Phi) is 7.65. The van der Waals surface area contributed by atoms with Crippen LogP contribution in [0.15, 0.2) is 66.9 Å². The minimum Gasteiger partial charge on any atom is -0.466 e. The van der Waals surface area contributed by atoms with Crippen molar-refractivity contribution in [1.82, 2.24) is 4.40 Å². The van der Waals surface area contributed by atoms with Gasteiger partial charge in [0.2, 0.25) is 0 Å². The maximum Gasteiger partial charge on any atom is 0.308 e. The lowest BCUT2D eigenvalue weighted by Crippen LogP contribution is -2.18. The van der Waals surface area contributed by atoms with Crippen LogP contribution in [0.5, 0.6) is 0 Å². The van der Waals surface area contributed by atoms with Gasteiger partial charge in [0.05, 0.1) is 24.6 Å². The quantitative estimate of drug-likeness (QED) is 0.222. The molecule has 0 aliphatic rings. The van der Waals surface area contributed by atoms with Crippen molar-refractivity contribution in [1.29, 1.82) is 0 Å². The van der Waals surface area contributed by atoms with Gasteiger partial charge in [-0.05, 0) is 54.1 Å². The number of hydrogen-bond acceptors (Lipinski definition) is 4. The first kappa shape index (κ1) is 25.3. The molecule has 0 amide bonds. The molecule has 0 saturated carbocycles. The Morgan fingerprint density at radius 2 is 1.78 bits per heavy atom. The molecule has 0 aliphatic carbocycles. The van der Waals surface area contributed by atoms with Gasteiger partial charge in [0.25, 0.3) is 0 Å². The molecule has 36 heavy (non-hydrogen) atoms. The summed E-state index contributed by atoms with van der Waals surface area (Å²) in [4.78, 5) is 24.3. The van der Waals surface area contributed by atoms with E-state index in [0.717, 1.165) is 38.7 Å². The number of aliphatic hydroxyl groups is 1. The molecule has 4 aromatic rings. The van der Waals surface area contributed by atoms with Gasteiger partial charge in [-0.25, -0.2) is 4.39 Å². The van der Waals surface area contributed by atoms with E-state index in [0.29, 0.717) is 0 Å². The summed E-state index contributed by atoms with van der Waals surface area (Å²) in [6.45, 7) is 6.09. The number of fused-ring (bicyclic) bond motifs is 3. The molecular weight excluding hydrogens is 457 g/mol. The van der Waals surface area contributed by atoms with Crippen molar-refractivity contribution in [2.24, 2.45) is 0 Å². The Hall–Kier alpha value is -3.77. The summed E-state index contributed by atoms with van der Waals surface area (Å²) in [6.07, 6.45) is 3.73. The largest absolute Gasteiger partial charge is 0.466 e. The minimum absolute atomic E-state index is 0.122. The molecule has 0 spiro atoms. The number of nitrogens with zero attached hydrogens (tertiary/aromatic N) is 1. The number of rotatable bonds is 9. The summed E-state index contributed by atoms with van der Waals surface area (Å²) in [7, 11) is 0. The van der Waals surface area contributed by atoms with Crippen LogP contribution >= 0.6 is 0 Å². The average molecular weight is 488 g/mol. The van der Waals surface area contributed by atoms with Crippen molar-refractivity contribution >= 4 is 34.1 Å². The summed E-state index contributed by atoms with van der Waals surface area (Å²) in [5.74, 6) is -1.03. The Balaban J connectivity index is 1.84. The molecule has 2 aromatic carbocycles. The summed E-state index contributed by atoms with van der Waals surface area (Å²) in [5, 5.41) is 12.3. The molecule has 5 nitrogen and oxygen atoms in total. The van der Waals surface area contributed by atoms with Crippen molar-refractivity contribution < 1.29 is 23.8 Å². The number of aliphatic hydroxyl groups excluding tert-OH is 1. The number of carbonyl (C=O) groups excluding carboxylic acids is 2. The zero-order valence-corrected chi connectivity index (χ0v) is 20.7. The number of aromatic nitrogens is 1. The van der Waals surface area contributed by atoms with E-state index in [1.165, 1.54) is 18.2 Å². The lowest BCUT2D eigenvalue weighted by atomic mass is 9.95. The smallest absolute Gasteiger partial charge is 0.308 e. The van der Waals surface area contributed by atoms with Crippen LogP contribution in [0.2, 0.25) is 0 Å². The van der Waals surface area contributed by atoms with Gasteiger partial charge in [-0.3, -0.25) is 9.59 Å². The molecule has 6 heteroatoms. The van der Waals surface area contributed by atoms with Gasteiger partial charge >= 0.3 is 5.97 Å². The van der Waals surface area contributed by atoms with E-state index in [9.17, 15) is 19.1 Å². The summed E-state index contributed by atoms with van der Waals surface area (Å²) >= 11 is 0. The second-order valence-corrected chi connectivity index (χ2v) is 9.12. The maximum atomic E-state index is 13.8. The summed E-state index contributed by atoms with van der Waals surface area (Å²) in [5.41, 5.74) is 4.61. The highest BCUT2D eigenvalue weighted by Crippen LogP contribution is 2.40. The first-order valence-electron chi connectivity index (χ1n) is 12.2. The number of carbonyl (C=O) groups is 2. The number of esters is 1.